The highest BCUT2D eigenvalue weighted by Gasteiger charge is 2.18. The van der Waals surface area contributed by atoms with Gasteiger partial charge in [-0.2, -0.15) is 0 Å². The first kappa shape index (κ1) is 14.0. The molecule has 0 aromatic heterocycles. The Hall–Kier alpha value is -2.11. The Morgan fingerprint density at radius 3 is 2.67 bits per heavy atom. The number of hydrogen-bond donors (Lipinski definition) is 2. The van der Waals surface area contributed by atoms with Crippen molar-refractivity contribution in [3.05, 3.63) is 33.4 Å². The number of anilines is 1. The minimum absolute atomic E-state index is 0.0775. The number of nitrogens with zero attached hydrogens (tertiary/aromatic N) is 1. The van der Waals surface area contributed by atoms with Crippen LogP contribution in [0.1, 0.15) is 35.7 Å². The highest BCUT2D eigenvalue weighted by Crippen LogP contribution is 2.27. The smallest absolute Gasteiger partial charge is 0.336 e. The van der Waals surface area contributed by atoms with Gasteiger partial charge in [0.05, 0.1) is 10.5 Å². The van der Waals surface area contributed by atoms with E-state index in [1.807, 2.05) is 6.92 Å². The zero-order valence-electron chi connectivity index (χ0n) is 10.4. The highest BCUT2D eigenvalue weighted by molar-refractivity contribution is 5.90. The monoisotopic (exact) mass is 252 g/mol. The molecule has 6 heteroatoms. The molecule has 0 bridgehead atoms. The Morgan fingerprint density at radius 1 is 1.50 bits per heavy atom. The van der Waals surface area contributed by atoms with Gasteiger partial charge < -0.3 is 10.4 Å². The summed E-state index contributed by atoms with van der Waals surface area (Å²) in [5.74, 6) is -1.17. The Labute approximate surface area is 105 Å². The summed E-state index contributed by atoms with van der Waals surface area (Å²) >= 11 is 0. The predicted molar refractivity (Wildman–Crippen MR) is 68.2 cm³/mol. The molecule has 0 aliphatic heterocycles. The molecule has 18 heavy (non-hydrogen) atoms. The van der Waals surface area contributed by atoms with Crippen molar-refractivity contribution < 1.29 is 14.8 Å². The predicted octanol–water partition coefficient (Wildman–Crippen LogP) is 2.81. The molecule has 0 atom stereocenters. The summed E-state index contributed by atoms with van der Waals surface area (Å²) in [6, 6.07) is 2.52. The number of hydrogen-bond acceptors (Lipinski definition) is 4. The van der Waals surface area contributed by atoms with Crippen LogP contribution >= 0.6 is 0 Å². The Balaban J connectivity index is 3.14. The summed E-state index contributed by atoms with van der Waals surface area (Å²) in [5.41, 5.74) is 0.719. The number of unbranched alkanes of at least 4 members (excludes halogenated alkanes) is 1. The van der Waals surface area contributed by atoms with E-state index in [-0.39, 0.29) is 11.3 Å². The standard InChI is InChI=1S/C12H16N2O4/c1-3-4-5-13-10-6-9(12(15)16)7-11(8(10)2)14(17)18/h6-7,13H,3-5H2,1-2H3,(H,15,16). The lowest BCUT2D eigenvalue weighted by atomic mass is 10.1. The number of nitro benzene ring substituents is 1. The molecule has 0 heterocycles. The van der Waals surface area contributed by atoms with Gasteiger partial charge in [0.2, 0.25) is 0 Å². The molecule has 0 amide bonds. The molecular formula is C12H16N2O4. The van der Waals surface area contributed by atoms with Gasteiger partial charge in [-0.15, -0.1) is 0 Å². The first-order chi connectivity index (χ1) is 8.47. The summed E-state index contributed by atoms with van der Waals surface area (Å²) in [4.78, 5) is 21.2. The molecule has 0 unspecified atom stereocenters. The molecule has 1 rings (SSSR count). The molecule has 0 aliphatic carbocycles. The van der Waals surface area contributed by atoms with Gasteiger partial charge >= 0.3 is 5.97 Å². The van der Waals surface area contributed by atoms with Crippen LogP contribution in [0.2, 0.25) is 0 Å². The summed E-state index contributed by atoms with van der Waals surface area (Å²) < 4.78 is 0. The van der Waals surface area contributed by atoms with Gasteiger partial charge in [0.1, 0.15) is 0 Å². The minimum Gasteiger partial charge on any atom is -0.478 e. The highest BCUT2D eigenvalue weighted by atomic mass is 16.6. The van der Waals surface area contributed by atoms with Gasteiger partial charge in [0.25, 0.3) is 5.69 Å². The van der Waals surface area contributed by atoms with E-state index in [1.54, 1.807) is 6.92 Å². The number of aromatic carboxylic acids is 1. The fourth-order valence-electron chi connectivity index (χ4n) is 1.60. The SMILES string of the molecule is CCCCNc1cc(C(=O)O)cc([N+](=O)[O-])c1C. The lowest BCUT2D eigenvalue weighted by molar-refractivity contribution is -0.385. The third-order valence-corrected chi connectivity index (χ3v) is 2.67. The van der Waals surface area contributed by atoms with Crippen LogP contribution in [0, 0.1) is 17.0 Å². The first-order valence-electron chi connectivity index (χ1n) is 5.73. The molecule has 1 aromatic carbocycles. The lowest BCUT2D eigenvalue weighted by Gasteiger charge is -2.10. The molecule has 0 fully saturated rings. The zero-order valence-corrected chi connectivity index (χ0v) is 10.4. The summed E-state index contributed by atoms with van der Waals surface area (Å²) in [6.07, 6.45) is 1.91. The average molecular weight is 252 g/mol. The van der Waals surface area contributed by atoms with Crippen LogP contribution in [-0.4, -0.2) is 22.5 Å². The summed E-state index contributed by atoms with van der Waals surface area (Å²) in [6.45, 7) is 4.31. The van der Waals surface area contributed by atoms with E-state index in [4.69, 9.17) is 5.11 Å². The molecule has 0 saturated heterocycles. The minimum atomic E-state index is -1.17. The fraction of sp³-hybridized carbons (Fsp3) is 0.417. The molecule has 1 aromatic rings. The molecule has 2 N–H and O–H groups in total. The number of nitrogens with one attached hydrogen (secondary N) is 1. The molecule has 0 spiro atoms. The number of rotatable bonds is 6. The number of carboxylic acid groups (broad SMARTS) is 1. The van der Waals surface area contributed by atoms with Crippen LogP contribution in [-0.2, 0) is 0 Å². The van der Waals surface area contributed by atoms with E-state index in [9.17, 15) is 14.9 Å². The van der Waals surface area contributed by atoms with Gasteiger partial charge in [0, 0.05) is 23.9 Å². The molecule has 0 radical (unpaired) electrons. The van der Waals surface area contributed by atoms with Gasteiger partial charge in [0.15, 0.2) is 0 Å². The van der Waals surface area contributed by atoms with Gasteiger partial charge in [-0.25, -0.2) is 4.79 Å². The van der Waals surface area contributed by atoms with E-state index in [0.29, 0.717) is 17.8 Å². The topological polar surface area (TPSA) is 92.5 Å². The van der Waals surface area contributed by atoms with E-state index in [0.717, 1.165) is 18.9 Å². The van der Waals surface area contributed by atoms with Crippen molar-refractivity contribution >= 4 is 17.3 Å². The number of nitro groups is 1. The van der Waals surface area contributed by atoms with Gasteiger partial charge in [-0.1, -0.05) is 13.3 Å². The second kappa shape index (κ2) is 6.00. The maximum atomic E-state index is 10.9. The number of carbonyl (C=O) groups is 1. The van der Waals surface area contributed by atoms with Crippen molar-refractivity contribution in [2.24, 2.45) is 0 Å². The van der Waals surface area contributed by atoms with Crippen molar-refractivity contribution in [1.29, 1.82) is 0 Å². The molecule has 0 saturated carbocycles. The quantitative estimate of drug-likeness (QED) is 0.461. The number of carboxylic acids is 1. The first-order valence-corrected chi connectivity index (χ1v) is 5.73. The maximum Gasteiger partial charge on any atom is 0.336 e. The Bertz CT molecular complexity index is 471. The largest absolute Gasteiger partial charge is 0.478 e. The van der Waals surface area contributed by atoms with Crippen molar-refractivity contribution in [2.75, 3.05) is 11.9 Å². The van der Waals surface area contributed by atoms with Gasteiger partial charge in [-0.3, -0.25) is 10.1 Å². The van der Waals surface area contributed by atoms with Crippen LogP contribution in [0.15, 0.2) is 12.1 Å². The third-order valence-electron chi connectivity index (χ3n) is 2.67. The van der Waals surface area contributed by atoms with E-state index < -0.39 is 10.9 Å². The maximum absolute atomic E-state index is 10.9. The van der Waals surface area contributed by atoms with Crippen LogP contribution < -0.4 is 5.32 Å². The fourth-order valence-corrected chi connectivity index (χ4v) is 1.60. The average Bonchev–Trinajstić information content (AvgIpc) is 2.30. The Kier molecular flexibility index (Phi) is 4.65. The van der Waals surface area contributed by atoms with E-state index in [1.165, 1.54) is 6.07 Å². The summed E-state index contributed by atoms with van der Waals surface area (Å²) in [5, 5.41) is 22.8. The second-order valence-electron chi connectivity index (χ2n) is 4.01. The van der Waals surface area contributed by atoms with Crippen LogP contribution in [0.3, 0.4) is 0 Å². The molecule has 98 valence electrons. The van der Waals surface area contributed by atoms with Crippen LogP contribution in [0.4, 0.5) is 11.4 Å². The Morgan fingerprint density at radius 2 is 2.17 bits per heavy atom. The third kappa shape index (κ3) is 3.19. The summed E-state index contributed by atoms with van der Waals surface area (Å²) in [7, 11) is 0. The molecule has 6 nitrogen and oxygen atoms in total. The zero-order chi connectivity index (χ0) is 13.7. The molecular weight excluding hydrogens is 236 g/mol. The van der Waals surface area contributed by atoms with Crippen molar-refractivity contribution in [1.82, 2.24) is 0 Å². The van der Waals surface area contributed by atoms with E-state index >= 15 is 0 Å². The lowest BCUT2D eigenvalue weighted by Crippen LogP contribution is -2.07. The van der Waals surface area contributed by atoms with Crippen LogP contribution in [0.25, 0.3) is 0 Å². The van der Waals surface area contributed by atoms with Crippen molar-refractivity contribution in [3.8, 4) is 0 Å². The number of benzene rings is 1. The van der Waals surface area contributed by atoms with Gasteiger partial charge in [-0.05, 0) is 19.4 Å². The van der Waals surface area contributed by atoms with E-state index in [2.05, 4.69) is 5.32 Å². The normalized spacial score (nSPS) is 10.1. The van der Waals surface area contributed by atoms with Crippen molar-refractivity contribution in [2.45, 2.75) is 26.7 Å². The molecule has 0 aliphatic rings. The second-order valence-corrected chi connectivity index (χ2v) is 4.01. The van der Waals surface area contributed by atoms with Crippen molar-refractivity contribution in [3.63, 3.8) is 0 Å². The van der Waals surface area contributed by atoms with Crippen LogP contribution in [0.5, 0.6) is 0 Å².